The van der Waals surface area contributed by atoms with E-state index in [4.69, 9.17) is 5.11 Å². The van der Waals surface area contributed by atoms with Crippen molar-refractivity contribution in [2.75, 3.05) is 13.1 Å². The summed E-state index contributed by atoms with van der Waals surface area (Å²) in [6.45, 7) is 0.702. The Balaban J connectivity index is 1.44. The van der Waals surface area contributed by atoms with Crippen molar-refractivity contribution in [1.82, 2.24) is 15.5 Å². The van der Waals surface area contributed by atoms with E-state index in [9.17, 15) is 27.6 Å². The summed E-state index contributed by atoms with van der Waals surface area (Å²) >= 11 is 0. The van der Waals surface area contributed by atoms with Crippen LogP contribution in [0.15, 0.2) is 0 Å². The zero-order valence-corrected chi connectivity index (χ0v) is 14.8. The van der Waals surface area contributed by atoms with E-state index >= 15 is 0 Å². The van der Waals surface area contributed by atoms with Crippen molar-refractivity contribution in [2.24, 2.45) is 11.8 Å². The van der Waals surface area contributed by atoms with Crippen LogP contribution in [0.5, 0.6) is 0 Å². The van der Waals surface area contributed by atoms with Gasteiger partial charge in [-0.1, -0.05) is 0 Å². The molecule has 1 aliphatic heterocycles. The highest BCUT2D eigenvalue weighted by Gasteiger charge is 2.46. The summed E-state index contributed by atoms with van der Waals surface area (Å²) in [5.41, 5.74) is 0. The zero-order valence-electron chi connectivity index (χ0n) is 14.8. The van der Waals surface area contributed by atoms with Crippen LogP contribution in [-0.2, 0) is 14.4 Å². The lowest BCUT2D eigenvalue weighted by molar-refractivity contribution is -0.171. The van der Waals surface area contributed by atoms with Gasteiger partial charge in [-0.3, -0.25) is 19.3 Å². The number of carbonyl (C=O) groups excluding carboxylic acids is 2. The lowest BCUT2D eigenvalue weighted by Gasteiger charge is -2.43. The number of piperidine rings is 1. The van der Waals surface area contributed by atoms with Crippen molar-refractivity contribution < 1.29 is 32.7 Å². The highest BCUT2D eigenvalue weighted by atomic mass is 19.4. The van der Waals surface area contributed by atoms with Crippen molar-refractivity contribution in [3.63, 3.8) is 0 Å². The van der Waals surface area contributed by atoms with E-state index in [1.165, 1.54) is 0 Å². The van der Waals surface area contributed by atoms with Crippen LogP contribution in [0.25, 0.3) is 0 Å². The average molecular weight is 391 g/mol. The lowest BCUT2D eigenvalue weighted by atomic mass is 9.84. The number of nitrogens with zero attached hydrogens (tertiary/aromatic N) is 1. The molecule has 10 heteroatoms. The lowest BCUT2D eigenvalue weighted by Crippen LogP contribution is -2.59. The summed E-state index contributed by atoms with van der Waals surface area (Å²) in [4.78, 5) is 37.0. The molecule has 0 spiro atoms. The molecule has 3 aliphatic rings. The van der Waals surface area contributed by atoms with Crippen LogP contribution in [0.2, 0.25) is 0 Å². The molecule has 0 bridgehead atoms. The van der Waals surface area contributed by atoms with Crippen LogP contribution in [0.3, 0.4) is 0 Å². The molecule has 3 N–H and O–H groups in total. The summed E-state index contributed by atoms with van der Waals surface area (Å²) in [6, 6.07) is -2.00. The Labute approximate surface area is 154 Å². The summed E-state index contributed by atoms with van der Waals surface area (Å²) in [5.74, 6) is -2.89. The van der Waals surface area contributed by atoms with Gasteiger partial charge in [-0.25, -0.2) is 0 Å². The fourth-order valence-corrected chi connectivity index (χ4v) is 3.76. The van der Waals surface area contributed by atoms with Gasteiger partial charge in [0.05, 0.1) is 6.54 Å². The molecular weight excluding hydrogens is 367 g/mol. The zero-order chi connectivity index (χ0) is 19.8. The number of hydrogen-bond acceptors (Lipinski definition) is 4. The second-order valence-electron chi connectivity index (χ2n) is 7.83. The van der Waals surface area contributed by atoms with Crippen molar-refractivity contribution in [3.05, 3.63) is 0 Å². The van der Waals surface area contributed by atoms with Gasteiger partial charge in [-0.2, -0.15) is 13.2 Å². The molecule has 2 amide bonds. The van der Waals surface area contributed by atoms with Crippen LogP contribution in [0.1, 0.15) is 38.5 Å². The highest BCUT2D eigenvalue weighted by Crippen LogP contribution is 2.34. The normalized spacial score (nSPS) is 31.2. The number of alkyl halides is 3. The van der Waals surface area contributed by atoms with Crippen molar-refractivity contribution in [2.45, 2.75) is 62.8 Å². The molecule has 2 saturated carbocycles. The Bertz CT molecular complexity index is 603. The van der Waals surface area contributed by atoms with E-state index in [1.54, 1.807) is 0 Å². The number of aliphatic carboxylic acids is 1. The van der Waals surface area contributed by atoms with Gasteiger partial charge < -0.3 is 15.7 Å². The van der Waals surface area contributed by atoms with Gasteiger partial charge in [0.15, 0.2) is 0 Å². The van der Waals surface area contributed by atoms with Gasteiger partial charge in [0, 0.05) is 18.6 Å². The topological polar surface area (TPSA) is 98.7 Å². The second-order valence-corrected chi connectivity index (χ2v) is 7.83. The Morgan fingerprint density at radius 1 is 1.19 bits per heavy atom. The van der Waals surface area contributed by atoms with Crippen LogP contribution in [0.4, 0.5) is 13.2 Å². The molecule has 0 aromatic rings. The minimum atomic E-state index is -4.51. The number of amides is 2. The molecule has 0 aromatic carbocycles. The number of carbonyl (C=O) groups is 3. The molecule has 27 heavy (non-hydrogen) atoms. The van der Waals surface area contributed by atoms with E-state index in [0.29, 0.717) is 18.8 Å². The molecule has 1 heterocycles. The summed E-state index contributed by atoms with van der Waals surface area (Å²) < 4.78 is 38.0. The predicted octanol–water partition coefficient (Wildman–Crippen LogP) is 0.887. The van der Waals surface area contributed by atoms with Gasteiger partial charge in [0.1, 0.15) is 12.0 Å². The SMILES string of the molecule is O=C(O)CN(CC1CC1)C1CC(NC(=O)C2CCC(C(F)(F)F)NC2=O)C1. The first-order chi connectivity index (χ1) is 12.6. The first-order valence-electron chi connectivity index (χ1n) is 9.26. The summed E-state index contributed by atoms with van der Waals surface area (Å²) in [7, 11) is 0. The second kappa shape index (κ2) is 7.65. The third-order valence-electron chi connectivity index (χ3n) is 5.59. The first-order valence-corrected chi connectivity index (χ1v) is 9.26. The van der Waals surface area contributed by atoms with Gasteiger partial charge in [0.2, 0.25) is 11.8 Å². The Morgan fingerprint density at radius 3 is 2.37 bits per heavy atom. The quantitative estimate of drug-likeness (QED) is 0.560. The van der Waals surface area contributed by atoms with Crippen LogP contribution < -0.4 is 10.6 Å². The monoisotopic (exact) mass is 391 g/mol. The molecule has 152 valence electrons. The summed E-state index contributed by atoms with van der Waals surface area (Å²) in [6.07, 6.45) is -1.55. The number of halogens is 3. The molecule has 3 fully saturated rings. The van der Waals surface area contributed by atoms with Crippen LogP contribution in [0, 0.1) is 11.8 Å². The molecule has 2 unspecified atom stereocenters. The van der Waals surface area contributed by atoms with Crippen LogP contribution in [-0.4, -0.2) is 65.2 Å². The van der Waals surface area contributed by atoms with Gasteiger partial charge in [0.25, 0.3) is 0 Å². The van der Waals surface area contributed by atoms with Crippen molar-refractivity contribution >= 4 is 17.8 Å². The average Bonchev–Trinajstić information content (AvgIpc) is 3.32. The predicted molar refractivity (Wildman–Crippen MR) is 87.6 cm³/mol. The fraction of sp³-hybridized carbons (Fsp3) is 0.824. The summed E-state index contributed by atoms with van der Waals surface area (Å²) in [5, 5.41) is 13.6. The van der Waals surface area contributed by atoms with E-state index in [0.717, 1.165) is 19.4 Å². The molecule has 2 atom stereocenters. The molecule has 0 radical (unpaired) electrons. The molecule has 3 rings (SSSR count). The molecule has 0 aromatic heterocycles. The van der Waals surface area contributed by atoms with E-state index in [-0.39, 0.29) is 31.5 Å². The molecule has 2 aliphatic carbocycles. The van der Waals surface area contributed by atoms with E-state index < -0.39 is 35.9 Å². The Hall–Kier alpha value is -1.84. The Kier molecular flexibility index (Phi) is 5.64. The number of carboxylic acid groups (broad SMARTS) is 1. The van der Waals surface area contributed by atoms with Crippen LogP contribution >= 0.6 is 0 Å². The number of nitrogens with one attached hydrogen (secondary N) is 2. The van der Waals surface area contributed by atoms with E-state index in [1.807, 2.05) is 10.2 Å². The number of hydrogen-bond donors (Lipinski definition) is 3. The highest BCUT2D eigenvalue weighted by molar-refractivity contribution is 6.01. The minimum absolute atomic E-state index is 0.0360. The Morgan fingerprint density at radius 2 is 1.85 bits per heavy atom. The number of carboxylic acids is 1. The smallest absolute Gasteiger partial charge is 0.408 e. The standard InChI is InChI=1S/C17H24F3N3O4/c18-17(19,20)13-4-3-12(16(27)22-13)15(26)21-10-5-11(6-10)23(8-14(24)25)7-9-1-2-9/h9-13H,1-8H2,(H,21,26)(H,22,27)(H,24,25). The van der Waals surface area contributed by atoms with Crippen molar-refractivity contribution in [3.8, 4) is 0 Å². The van der Waals surface area contributed by atoms with E-state index in [2.05, 4.69) is 5.32 Å². The van der Waals surface area contributed by atoms with Gasteiger partial charge in [-0.15, -0.1) is 0 Å². The third-order valence-corrected chi connectivity index (χ3v) is 5.59. The maximum atomic E-state index is 12.7. The maximum Gasteiger partial charge on any atom is 0.408 e. The number of rotatable bonds is 7. The molecular formula is C17H24F3N3O4. The largest absolute Gasteiger partial charge is 0.480 e. The fourth-order valence-electron chi connectivity index (χ4n) is 3.76. The van der Waals surface area contributed by atoms with Crippen molar-refractivity contribution in [1.29, 1.82) is 0 Å². The molecule has 7 nitrogen and oxygen atoms in total. The first kappa shape index (κ1) is 19.9. The third kappa shape index (κ3) is 5.12. The van der Waals surface area contributed by atoms with Gasteiger partial charge >= 0.3 is 12.1 Å². The van der Waals surface area contributed by atoms with Gasteiger partial charge in [-0.05, 0) is 44.4 Å². The minimum Gasteiger partial charge on any atom is -0.480 e. The maximum absolute atomic E-state index is 12.7. The molecule has 1 saturated heterocycles.